The van der Waals surface area contributed by atoms with Crippen LogP contribution in [-0.4, -0.2) is 28.1 Å². The van der Waals surface area contributed by atoms with Gasteiger partial charge < -0.3 is 9.32 Å². The number of fused-ring (bicyclic) bond motifs is 1. The van der Waals surface area contributed by atoms with Gasteiger partial charge in [-0.3, -0.25) is 9.59 Å². The predicted molar refractivity (Wildman–Crippen MR) is 104 cm³/mol. The predicted octanol–water partition coefficient (Wildman–Crippen LogP) is 4.03. The van der Waals surface area contributed by atoms with Crippen LogP contribution in [0.15, 0.2) is 40.3 Å². The molecule has 2 aliphatic carbocycles. The fraction of sp³-hybridized carbons (Fsp3) is 0.435. The summed E-state index contributed by atoms with van der Waals surface area (Å²) >= 11 is 0. The molecular weight excluding hydrogens is 352 g/mol. The van der Waals surface area contributed by atoms with Crippen LogP contribution >= 0.6 is 0 Å². The fourth-order valence-electron chi connectivity index (χ4n) is 4.40. The summed E-state index contributed by atoms with van der Waals surface area (Å²) in [6.45, 7) is 1.12. The third-order valence-corrected chi connectivity index (χ3v) is 6.30. The molecule has 0 spiro atoms. The number of hydrogen-bond acceptors (Lipinski definition) is 4. The van der Waals surface area contributed by atoms with Gasteiger partial charge in [0, 0.05) is 30.9 Å². The monoisotopic (exact) mass is 376 g/mol. The van der Waals surface area contributed by atoms with Crippen molar-refractivity contribution in [2.24, 2.45) is 0 Å². The molecule has 0 radical (unpaired) electrons. The maximum Gasteiger partial charge on any atom is 0.227 e. The van der Waals surface area contributed by atoms with E-state index >= 15 is 0 Å². The first-order valence-corrected chi connectivity index (χ1v) is 10.3. The molecule has 0 bridgehead atoms. The molecule has 144 valence electrons. The minimum atomic E-state index is 0.0116. The molecule has 0 unspecified atom stereocenters. The van der Waals surface area contributed by atoms with E-state index in [0.29, 0.717) is 37.4 Å². The van der Waals surface area contributed by atoms with Crippen molar-refractivity contribution in [3.63, 3.8) is 0 Å². The molecule has 2 heterocycles. The number of carbonyl (C=O) groups is 2. The van der Waals surface area contributed by atoms with E-state index < -0.39 is 0 Å². The second kappa shape index (κ2) is 7.04. The normalized spacial score (nSPS) is 19.7. The molecule has 5 rings (SSSR count). The van der Waals surface area contributed by atoms with E-state index in [4.69, 9.17) is 4.42 Å². The lowest BCUT2D eigenvalue weighted by Crippen LogP contribution is -2.36. The van der Waals surface area contributed by atoms with E-state index in [1.165, 1.54) is 6.42 Å². The molecule has 28 heavy (non-hydrogen) atoms. The van der Waals surface area contributed by atoms with Gasteiger partial charge in [0.25, 0.3) is 0 Å². The molecular formula is C23H24N2O3. The van der Waals surface area contributed by atoms with E-state index in [0.717, 1.165) is 47.7 Å². The highest BCUT2D eigenvalue weighted by Gasteiger charge is 2.32. The van der Waals surface area contributed by atoms with Crippen molar-refractivity contribution in [3.05, 3.63) is 58.8 Å². The van der Waals surface area contributed by atoms with Gasteiger partial charge in [-0.2, -0.15) is 0 Å². The number of allylic oxidation sites excluding steroid dienone is 1. The van der Waals surface area contributed by atoms with Crippen LogP contribution < -0.4 is 0 Å². The lowest BCUT2D eigenvalue weighted by molar-refractivity contribution is -0.132. The van der Waals surface area contributed by atoms with E-state index in [1.807, 2.05) is 35.2 Å². The van der Waals surface area contributed by atoms with Gasteiger partial charge in [0.05, 0.1) is 13.0 Å². The zero-order valence-electron chi connectivity index (χ0n) is 15.9. The van der Waals surface area contributed by atoms with Crippen LogP contribution in [0.25, 0.3) is 5.57 Å². The molecule has 5 heteroatoms. The maximum absolute atomic E-state index is 13.0. The first-order chi connectivity index (χ1) is 13.7. The summed E-state index contributed by atoms with van der Waals surface area (Å²) in [5, 5.41) is 0. The van der Waals surface area contributed by atoms with Crippen LogP contribution in [0.3, 0.4) is 0 Å². The summed E-state index contributed by atoms with van der Waals surface area (Å²) in [5.41, 5.74) is 3.68. The number of Topliss-reactive ketones (excluding diaryl/α,β-unsaturated/α-hetero) is 1. The van der Waals surface area contributed by atoms with Gasteiger partial charge in [-0.05, 0) is 30.4 Å². The average Bonchev–Trinajstić information content (AvgIpc) is 3.24. The first-order valence-electron chi connectivity index (χ1n) is 10.3. The number of nitrogens with zero attached hydrogens (tertiary/aromatic N) is 2. The summed E-state index contributed by atoms with van der Waals surface area (Å²) in [4.78, 5) is 31.9. The lowest BCUT2D eigenvalue weighted by atomic mass is 9.85. The molecule has 1 saturated carbocycles. The molecule has 1 amide bonds. The third kappa shape index (κ3) is 3.09. The van der Waals surface area contributed by atoms with Crippen LogP contribution in [0, 0.1) is 0 Å². The summed E-state index contributed by atoms with van der Waals surface area (Å²) in [6.07, 6.45) is 5.68. The van der Waals surface area contributed by atoms with E-state index in [9.17, 15) is 9.59 Å². The molecule has 1 aromatic carbocycles. The van der Waals surface area contributed by atoms with Gasteiger partial charge in [0.15, 0.2) is 11.7 Å². The average molecular weight is 376 g/mol. The highest BCUT2D eigenvalue weighted by molar-refractivity contribution is 6.10. The number of ketones is 1. The Morgan fingerprint density at radius 2 is 1.96 bits per heavy atom. The summed E-state index contributed by atoms with van der Waals surface area (Å²) in [5.74, 6) is 2.37. The minimum absolute atomic E-state index is 0.0116. The molecule has 2 aromatic rings. The molecule has 3 aliphatic rings. The molecule has 0 N–H and O–H groups in total. The van der Waals surface area contributed by atoms with E-state index in [2.05, 4.69) is 4.98 Å². The lowest BCUT2D eigenvalue weighted by Gasteiger charge is -2.25. The van der Waals surface area contributed by atoms with Gasteiger partial charge in [0.2, 0.25) is 5.91 Å². The van der Waals surface area contributed by atoms with Crippen LogP contribution in [0.2, 0.25) is 0 Å². The topological polar surface area (TPSA) is 63.4 Å². The van der Waals surface area contributed by atoms with Crippen LogP contribution in [0.1, 0.15) is 67.4 Å². The van der Waals surface area contributed by atoms with E-state index in [-0.39, 0.29) is 18.1 Å². The van der Waals surface area contributed by atoms with Crippen LogP contribution in [-0.2, 0) is 22.6 Å². The zero-order chi connectivity index (χ0) is 19.1. The Morgan fingerprint density at radius 1 is 1.14 bits per heavy atom. The summed E-state index contributed by atoms with van der Waals surface area (Å²) in [6, 6.07) is 9.95. The fourth-order valence-corrected chi connectivity index (χ4v) is 4.40. The molecule has 1 aromatic heterocycles. The van der Waals surface area contributed by atoms with Crippen molar-refractivity contribution in [2.45, 2.75) is 57.4 Å². The number of rotatable bonds is 4. The molecule has 0 saturated heterocycles. The Hall–Kier alpha value is -2.69. The quantitative estimate of drug-likeness (QED) is 0.808. The zero-order valence-corrected chi connectivity index (χ0v) is 15.9. The Labute approximate surface area is 164 Å². The highest BCUT2D eigenvalue weighted by atomic mass is 16.4. The van der Waals surface area contributed by atoms with Gasteiger partial charge >= 0.3 is 0 Å². The van der Waals surface area contributed by atoms with Crippen molar-refractivity contribution in [1.82, 2.24) is 9.88 Å². The molecule has 5 nitrogen and oxygen atoms in total. The summed E-state index contributed by atoms with van der Waals surface area (Å²) < 4.78 is 5.95. The maximum atomic E-state index is 13.0. The number of hydrogen-bond donors (Lipinski definition) is 0. The van der Waals surface area contributed by atoms with E-state index in [1.54, 1.807) is 0 Å². The van der Waals surface area contributed by atoms with Crippen LogP contribution in [0.5, 0.6) is 0 Å². The van der Waals surface area contributed by atoms with Crippen LogP contribution in [0.4, 0.5) is 0 Å². The van der Waals surface area contributed by atoms with Crippen molar-refractivity contribution in [1.29, 1.82) is 0 Å². The molecule has 1 aliphatic heterocycles. The van der Waals surface area contributed by atoms with Gasteiger partial charge in [0.1, 0.15) is 11.5 Å². The van der Waals surface area contributed by atoms with Gasteiger partial charge in [-0.25, -0.2) is 4.98 Å². The number of benzene rings is 1. The van der Waals surface area contributed by atoms with Crippen molar-refractivity contribution in [3.8, 4) is 0 Å². The largest absolute Gasteiger partial charge is 0.445 e. The first kappa shape index (κ1) is 17.4. The smallest absolute Gasteiger partial charge is 0.227 e. The number of aromatic nitrogens is 1. The summed E-state index contributed by atoms with van der Waals surface area (Å²) in [7, 11) is 0. The second-order valence-electron chi connectivity index (χ2n) is 8.04. The minimum Gasteiger partial charge on any atom is -0.445 e. The molecule has 1 fully saturated rings. The van der Waals surface area contributed by atoms with Crippen molar-refractivity contribution >= 4 is 17.3 Å². The Kier molecular flexibility index (Phi) is 4.38. The van der Waals surface area contributed by atoms with Gasteiger partial charge in [-0.15, -0.1) is 0 Å². The Bertz CT molecular complexity index is 953. The highest BCUT2D eigenvalue weighted by Crippen LogP contribution is 2.38. The standard InChI is InChI=1S/C23H24N2O3/c26-20-10-9-17(15-5-2-1-3-6-15)18(20)13-22(27)25-12-11-21-19(14-25)24-23(28-21)16-7-4-8-16/h1-3,5-6,16H,4,7-14H2. The number of carbonyl (C=O) groups excluding carboxylic acids is 2. The van der Waals surface area contributed by atoms with Gasteiger partial charge in [-0.1, -0.05) is 36.8 Å². The second-order valence-corrected chi connectivity index (χ2v) is 8.04. The van der Waals surface area contributed by atoms with Crippen molar-refractivity contribution < 1.29 is 14.0 Å². The number of amides is 1. The molecule has 0 atom stereocenters. The third-order valence-electron chi connectivity index (χ3n) is 6.30. The number of oxazole rings is 1. The van der Waals surface area contributed by atoms with Crippen molar-refractivity contribution in [2.75, 3.05) is 6.54 Å². The Balaban J connectivity index is 1.33. The SMILES string of the molecule is O=C1CCC(c2ccccc2)=C1CC(=O)N1CCc2oc(C3CCC3)nc2C1. The Morgan fingerprint density at radius 3 is 2.71 bits per heavy atom.